The van der Waals surface area contributed by atoms with Crippen LogP contribution in [0.5, 0.6) is 0 Å². The van der Waals surface area contributed by atoms with Crippen LogP contribution in [-0.2, 0) is 25.5 Å². The van der Waals surface area contributed by atoms with Crippen LogP contribution in [0.4, 0.5) is 5.69 Å². The lowest BCUT2D eigenvalue weighted by Gasteiger charge is -2.05. The number of esters is 2. The van der Waals surface area contributed by atoms with Crippen LogP contribution < -0.4 is 0 Å². The highest BCUT2D eigenvalue weighted by molar-refractivity contribution is 5.83. The van der Waals surface area contributed by atoms with Gasteiger partial charge < -0.3 is 9.47 Å². The molecule has 0 unspecified atom stereocenters. The Bertz CT molecular complexity index is 579. The van der Waals surface area contributed by atoms with E-state index in [4.69, 9.17) is 4.74 Å². The summed E-state index contributed by atoms with van der Waals surface area (Å²) in [6.45, 7) is 3.29. The average Bonchev–Trinajstić information content (AvgIpc) is 2.38. The van der Waals surface area contributed by atoms with Crippen molar-refractivity contribution in [3.63, 3.8) is 0 Å². The first kappa shape index (κ1) is 16.4. The van der Waals surface area contributed by atoms with E-state index in [1.54, 1.807) is 13.0 Å². The fourth-order valence-corrected chi connectivity index (χ4v) is 1.59. The summed E-state index contributed by atoms with van der Waals surface area (Å²) in [5, 5.41) is 10.8. The van der Waals surface area contributed by atoms with Gasteiger partial charge in [-0.3, -0.25) is 14.9 Å². The summed E-state index contributed by atoms with van der Waals surface area (Å²) < 4.78 is 9.57. The third-order valence-corrected chi connectivity index (χ3v) is 2.41. The molecule has 0 aliphatic heterocycles. The molecule has 7 nitrogen and oxygen atoms in total. The molecule has 0 aromatic heterocycles. The molecule has 0 radical (unpaired) electrons. The smallest absolute Gasteiger partial charge is 0.334 e. The Morgan fingerprint density at radius 3 is 2.62 bits per heavy atom. The van der Waals surface area contributed by atoms with E-state index in [-0.39, 0.29) is 30.0 Å². The number of carbonyl (C=O) groups is 2. The second-order valence-corrected chi connectivity index (χ2v) is 4.04. The van der Waals surface area contributed by atoms with E-state index in [1.165, 1.54) is 25.1 Å². The van der Waals surface area contributed by atoms with Gasteiger partial charge in [-0.2, -0.15) is 0 Å². The molecule has 0 aliphatic rings. The van der Waals surface area contributed by atoms with Crippen molar-refractivity contribution in [1.29, 1.82) is 0 Å². The van der Waals surface area contributed by atoms with E-state index in [1.807, 2.05) is 0 Å². The van der Waals surface area contributed by atoms with Crippen LogP contribution in [0, 0.1) is 10.1 Å². The predicted molar refractivity (Wildman–Crippen MR) is 73.3 cm³/mol. The Labute approximate surface area is 121 Å². The monoisotopic (exact) mass is 293 g/mol. The number of allylic oxidation sites excluding steroid dienone is 1. The van der Waals surface area contributed by atoms with E-state index in [9.17, 15) is 19.7 Å². The predicted octanol–water partition coefficient (Wildman–Crippen LogP) is 2.15. The standard InChI is InChI=1S/C14H15NO6/c1-3-20-13(16)8-10(2)21-14(17)9-11-6-4-5-7-12(11)15(18)19/h4-8H,3,9H2,1-2H3/b10-8+. The van der Waals surface area contributed by atoms with Gasteiger partial charge in [0, 0.05) is 11.6 Å². The Kier molecular flexibility index (Phi) is 6.06. The van der Waals surface area contributed by atoms with Crippen LogP contribution in [0.25, 0.3) is 0 Å². The van der Waals surface area contributed by atoms with Gasteiger partial charge >= 0.3 is 11.9 Å². The Morgan fingerprint density at radius 1 is 1.33 bits per heavy atom. The molecule has 1 aromatic rings. The van der Waals surface area contributed by atoms with Crippen LogP contribution in [0.3, 0.4) is 0 Å². The van der Waals surface area contributed by atoms with Crippen molar-refractivity contribution in [2.75, 3.05) is 6.61 Å². The Hall–Kier alpha value is -2.70. The zero-order valence-corrected chi connectivity index (χ0v) is 11.7. The van der Waals surface area contributed by atoms with Crippen LogP contribution in [0.2, 0.25) is 0 Å². The topological polar surface area (TPSA) is 95.7 Å². The molecule has 7 heteroatoms. The third-order valence-electron chi connectivity index (χ3n) is 2.41. The quantitative estimate of drug-likeness (QED) is 0.262. The number of rotatable bonds is 6. The lowest BCUT2D eigenvalue weighted by Crippen LogP contribution is -2.10. The fraction of sp³-hybridized carbons (Fsp3) is 0.286. The molecule has 1 aromatic carbocycles. The highest BCUT2D eigenvalue weighted by Crippen LogP contribution is 2.18. The van der Waals surface area contributed by atoms with Gasteiger partial charge in [-0.25, -0.2) is 4.79 Å². The molecule has 112 valence electrons. The Morgan fingerprint density at radius 2 is 2.00 bits per heavy atom. The molecule has 0 bridgehead atoms. The first-order chi connectivity index (χ1) is 9.93. The molecule has 0 saturated carbocycles. The summed E-state index contributed by atoms with van der Waals surface area (Å²) in [6, 6.07) is 5.89. The summed E-state index contributed by atoms with van der Waals surface area (Å²) in [5.74, 6) is -1.24. The zero-order chi connectivity index (χ0) is 15.8. The van der Waals surface area contributed by atoms with E-state index < -0.39 is 16.9 Å². The van der Waals surface area contributed by atoms with E-state index in [0.717, 1.165) is 6.08 Å². The highest BCUT2D eigenvalue weighted by Gasteiger charge is 2.16. The molecule has 0 saturated heterocycles. The average molecular weight is 293 g/mol. The van der Waals surface area contributed by atoms with E-state index in [0.29, 0.717) is 0 Å². The second kappa shape index (κ2) is 7.78. The first-order valence-electron chi connectivity index (χ1n) is 6.22. The van der Waals surface area contributed by atoms with Gasteiger partial charge in [0.1, 0.15) is 5.76 Å². The molecule has 0 amide bonds. The number of carbonyl (C=O) groups excluding carboxylic acids is 2. The molecule has 0 aliphatic carbocycles. The summed E-state index contributed by atoms with van der Waals surface area (Å²) in [5.41, 5.74) is 0.0953. The van der Waals surface area contributed by atoms with Crippen molar-refractivity contribution in [2.45, 2.75) is 20.3 Å². The van der Waals surface area contributed by atoms with Crippen LogP contribution in [-0.4, -0.2) is 23.5 Å². The van der Waals surface area contributed by atoms with Gasteiger partial charge in [0.05, 0.1) is 24.0 Å². The fourth-order valence-electron chi connectivity index (χ4n) is 1.59. The first-order valence-corrected chi connectivity index (χ1v) is 6.22. The van der Waals surface area contributed by atoms with Gasteiger partial charge in [0.15, 0.2) is 0 Å². The number of hydrogen-bond donors (Lipinski definition) is 0. The van der Waals surface area contributed by atoms with Gasteiger partial charge in [0.25, 0.3) is 5.69 Å². The van der Waals surface area contributed by atoms with Gasteiger partial charge in [-0.15, -0.1) is 0 Å². The van der Waals surface area contributed by atoms with Crippen molar-refractivity contribution in [3.05, 3.63) is 51.8 Å². The molecular weight excluding hydrogens is 278 g/mol. The van der Waals surface area contributed by atoms with Crippen molar-refractivity contribution < 1.29 is 24.0 Å². The molecule has 0 spiro atoms. The van der Waals surface area contributed by atoms with Crippen molar-refractivity contribution in [3.8, 4) is 0 Å². The largest absolute Gasteiger partial charge is 0.463 e. The highest BCUT2D eigenvalue weighted by atomic mass is 16.6. The van der Waals surface area contributed by atoms with Crippen LogP contribution in [0.1, 0.15) is 19.4 Å². The van der Waals surface area contributed by atoms with Crippen LogP contribution in [0.15, 0.2) is 36.1 Å². The summed E-state index contributed by atoms with van der Waals surface area (Å²) >= 11 is 0. The number of ether oxygens (including phenoxy) is 2. The lowest BCUT2D eigenvalue weighted by atomic mass is 10.1. The maximum absolute atomic E-state index is 11.7. The molecule has 21 heavy (non-hydrogen) atoms. The number of hydrogen-bond acceptors (Lipinski definition) is 6. The number of benzene rings is 1. The minimum Gasteiger partial charge on any atom is -0.463 e. The molecule has 0 atom stereocenters. The number of para-hydroxylation sites is 1. The van der Waals surface area contributed by atoms with Crippen molar-refractivity contribution in [1.82, 2.24) is 0 Å². The third kappa shape index (κ3) is 5.43. The second-order valence-electron chi connectivity index (χ2n) is 4.04. The lowest BCUT2D eigenvalue weighted by molar-refractivity contribution is -0.385. The van der Waals surface area contributed by atoms with Gasteiger partial charge in [-0.05, 0) is 13.8 Å². The molecule has 0 N–H and O–H groups in total. The van der Waals surface area contributed by atoms with Crippen molar-refractivity contribution in [2.24, 2.45) is 0 Å². The normalized spacial score (nSPS) is 10.9. The van der Waals surface area contributed by atoms with Crippen molar-refractivity contribution >= 4 is 17.6 Å². The SMILES string of the molecule is CCOC(=O)/C=C(\C)OC(=O)Cc1ccccc1[N+](=O)[O-]. The summed E-state index contributed by atoms with van der Waals surface area (Å²) in [4.78, 5) is 33.1. The summed E-state index contributed by atoms with van der Waals surface area (Å²) in [7, 11) is 0. The maximum atomic E-state index is 11.7. The number of nitro groups is 1. The minimum atomic E-state index is -0.692. The maximum Gasteiger partial charge on any atom is 0.334 e. The molecule has 0 fully saturated rings. The van der Waals surface area contributed by atoms with E-state index >= 15 is 0 Å². The van der Waals surface area contributed by atoms with Gasteiger partial charge in [-0.1, -0.05) is 18.2 Å². The van der Waals surface area contributed by atoms with E-state index in [2.05, 4.69) is 4.74 Å². The number of nitrogens with zero attached hydrogens (tertiary/aromatic N) is 1. The zero-order valence-electron chi connectivity index (χ0n) is 11.7. The molecular formula is C14H15NO6. The molecule has 0 heterocycles. The Balaban J connectivity index is 2.70. The minimum absolute atomic E-state index is 0.0667. The molecule has 1 rings (SSSR count). The number of nitro benzene ring substituents is 1. The van der Waals surface area contributed by atoms with Crippen LogP contribution >= 0.6 is 0 Å². The van der Waals surface area contributed by atoms with Gasteiger partial charge in [0.2, 0.25) is 0 Å². The summed E-state index contributed by atoms with van der Waals surface area (Å²) in [6.07, 6.45) is 0.784.